The van der Waals surface area contributed by atoms with Gasteiger partial charge >= 0.3 is 47.8 Å². The number of esters is 2. The molecule has 4 fully saturated rings. The molecule has 0 bridgehead atoms. The summed E-state index contributed by atoms with van der Waals surface area (Å²) in [6.07, 6.45) is 10.9. The Morgan fingerprint density at radius 2 is 0.738 bits per heavy atom. The highest BCUT2D eigenvalue weighted by Gasteiger charge is 2.46. The van der Waals surface area contributed by atoms with Crippen LogP contribution in [0.25, 0.3) is 0 Å². The highest BCUT2D eigenvalue weighted by atomic mass is 35.5. The Kier molecular flexibility index (Phi) is 50.6. The molecular formula is C89H133ClN12O22S2. The summed E-state index contributed by atoms with van der Waals surface area (Å²) >= 11 is 8.85. The number of methoxy groups -OCH3 is 2. The maximum absolute atomic E-state index is 13.5. The molecule has 4 aromatic carbocycles. The molecule has 4 saturated heterocycles. The summed E-state index contributed by atoms with van der Waals surface area (Å²) in [7, 11) is 2.99. The van der Waals surface area contributed by atoms with Crippen molar-refractivity contribution in [2.24, 2.45) is 22.9 Å². The molecule has 0 saturated carbocycles. The van der Waals surface area contributed by atoms with Gasteiger partial charge in [-0.05, 0) is 197 Å². The van der Waals surface area contributed by atoms with E-state index in [1.807, 2.05) is 104 Å². The van der Waals surface area contributed by atoms with Crippen LogP contribution in [0, 0.1) is 6.92 Å². The van der Waals surface area contributed by atoms with E-state index in [1.165, 1.54) is 57.3 Å². The van der Waals surface area contributed by atoms with Crippen LogP contribution in [0.15, 0.2) is 119 Å². The number of carboxylic acid groups (broad SMARTS) is 6. The SMILES string of the molecule is CCOC(=O)[C@H](CCc1ccc(Cl)cc1)N[C@@H](CCCCN)C(=O)N1C[C@H](OC)C[C@H]1C(=O)O.CCOC(=O)[C@H](CSc1ccccc1)N[C@@H](CCCCN)C(=O)N1CCC[C@H]1C(=O)O.CO[C@@H]1C[C@@H](C(=O)O)N(C(=O)[C@H](CCCCN)N[C@@H](CCc2ccc(C)cc2)C(=O)O)C1.NCCCC[C@H](N[C@@H](CSc1ccccc1)C(=O)O)C(=O)N1CCC[C@H]1C(=O)O. The summed E-state index contributed by atoms with van der Waals surface area (Å²) in [6, 6.07) is 24.5. The Morgan fingerprint density at radius 1 is 0.413 bits per heavy atom. The van der Waals surface area contributed by atoms with E-state index in [0.717, 1.165) is 32.9 Å². The normalized spacial score (nSPS) is 19.0. The Balaban J connectivity index is 0.000000298. The number of benzene rings is 4. The minimum Gasteiger partial charge on any atom is -0.480 e. The zero-order valence-electron chi connectivity index (χ0n) is 73.0. The van der Waals surface area contributed by atoms with E-state index in [0.29, 0.717) is 172 Å². The summed E-state index contributed by atoms with van der Waals surface area (Å²) < 4.78 is 21.1. The second kappa shape index (κ2) is 59.3. The molecule has 14 atom stereocenters. The predicted octanol–water partition coefficient (Wildman–Crippen LogP) is 6.43. The van der Waals surface area contributed by atoms with Crippen LogP contribution in [0.3, 0.4) is 0 Å². The van der Waals surface area contributed by atoms with Crippen molar-refractivity contribution in [3.8, 4) is 0 Å². The molecule has 0 unspecified atom stereocenters. The number of carbonyl (C=O) groups excluding carboxylic acids is 6. The van der Waals surface area contributed by atoms with Crippen molar-refractivity contribution in [3.05, 3.63) is 131 Å². The number of unbranched alkanes of at least 4 members (excludes halogenated alkanes) is 4. The maximum Gasteiger partial charge on any atom is 0.326 e. The minimum absolute atomic E-state index is 0.169. The Hall–Kier alpha value is -8.89. The molecule has 4 aliphatic rings. The van der Waals surface area contributed by atoms with E-state index < -0.39 is 126 Å². The molecule has 4 aliphatic heterocycles. The number of carboxylic acids is 6. The molecule has 4 amide bonds. The quantitative estimate of drug-likeness (QED) is 0.0129. The van der Waals surface area contributed by atoms with Crippen LogP contribution in [-0.4, -0.2) is 298 Å². The molecule has 34 nitrogen and oxygen atoms in total. The zero-order chi connectivity index (χ0) is 92.6. The molecule has 0 spiro atoms. The van der Waals surface area contributed by atoms with E-state index in [-0.39, 0.29) is 74.8 Å². The van der Waals surface area contributed by atoms with Gasteiger partial charge in [-0.1, -0.05) is 116 Å². The van der Waals surface area contributed by atoms with E-state index in [1.54, 1.807) is 26.0 Å². The lowest BCUT2D eigenvalue weighted by molar-refractivity contribution is -0.150. The van der Waals surface area contributed by atoms with Crippen molar-refractivity contribution >= 4 is 107 Å². The van der Waals surface area contributed by atoms with Crippen molar-refractivity contribution in [1.82, 2.24) is 40.9 Å². The molecule has 8 rings (SSSR count). The van der Waals surface area contributed by atoms with Crippen LogP contribution < -0.4 is 44.2 Å². The molecule has 126 heavy (non-hydrogen) atoms. The number of ether oxygens (including phenoxy) is 4. The zero-order valence-corrected chi connectivity index (χ0v) is 75.4. The number of halogens is 1. The van der Waals surface area contributed by atoms with E-state index in [4.69, 9.17) is 53.5 Å². The number of rotatable bonds is 52. The van der Waals surface area contributed by atoms with Gasteiger partial charge in [0.1, 0.15) is 48.3 Å². The van der Waals surface area contributed by atoms with Gasteiger partial charge in [-0.2, -0.15) is 0 Å². The number of hydrogen-bond donors (Lipinski definition) is 14. The largest absolute Gasteiger partial charge is 0.480 e. The van der Waals surface area contributed by atoms with Gasteiger partial charge in [-0.15, -0.1) is 23.5 Å². The standard InChI is InChI=1S/C24H36ClN3O6.C23H35N3O6.C22H33N3O5S.C20H29N3O5S/c1-3-34-24(32)20(12-9-16-7-10-17(25)11-8-16)27-19(6-4-5-13-26)22(29)28-15-18(33-2)14-21(28)23(30)31;1-15-6-8-16(9-7-15)10-11-19(22(28)29)25-18(5-3-4-12-24)21(27)26-14-17(32-2)13-20(26)23(30)31;1-2-30-22(29)18(15-31-16-9-4-3-5-10-16)24-17(11-6-7-13-23)20(26)25-14-8-12-19(25)21(27)28;21-11-5-4-9-15(18(24)23-12-6-10-17(23)20(27)28)22-16(19(25)26)13-29-14-7-2-1-3-8-14/h7-8,10-11,18-21,27H,3-6,9,12-15,26H2,1-2H3,(H,30,31);6-9,17-20,25H,3-5,10-14,24H2,1-2H3,(H,28,29)(H,30,31);3-5,9-10,17-19,24H,2,6-8,11-15,23H2,1H3,(H,27,28);1-3,7-8,15-17,22H,4-6,9-13,21H2,(H,25,26)(H,27,28)/t18-,19+,20+,21+;17-,18+,19+,20+;17-,18-,19-;15-,16-,17-/m1100/s1. The van der Waals surface area contributed by atoms with Crippen molar-refractivity contribution in [2.75, 3.05) is 91.3 Å². The van der Waals surface area contributed by atoms with E-state index >= 15 is 0 Å². The summed E-state index contributed by atoms with van der Waals surface area (Å²) in [4.78, 5) is 156. The van der Waals surface area contributed by atoms with E-state index in [2.05, 4.69) is 21.3 Å². The first kappa shape index (κ1) is 108. The molecular weight excluding hydrogens is 1690 g/mol. The molecule has 700 valence electrons. The summed E-state index contributed by atoms with van der Waals surface area (Å²) in [5.74, 6) is -7.86. The third-order valence-electron chi connectivity index (χ3n) is 22.1. The average molecular weight is 1820 g/mol. The van der Waals surface area contributed by atoms with Crippen LogP contribution in [0.1, 0.15) is 159 Å². The fourth-order valence-corrected chi connectivity index (χ4v) is 17.2. The van der Waals surface area contributed by atoms with Gasteiger partial charge in [0, 0.05) is 79.6 Å². The molecule has 18 N–H and O–H groups in total. The van der Waals surface area contributed by atoms with Gasteiger partial charge in [0.2, 0.25) is 23.6 Å². The second-order valence-electron chi connectivity index (χ2n) is 31.3. The molecule has 4 heterocycles. The lowest BCUT2D eigenvalue weighted by Gasteiger charge is -2.30. The van der Waals surface area contributed by atoms with Crippen LogP contribution in [0.2, 0.25) is 5.02 Å². The van der Waals surface area contributed by atoms with Gasteiger partial charge in [-0.3, -0.25) is 59.6 Å². The lowest BCUT2D eigenvalue weighted by atomic mass is 10.0. The van der Waals surface area contributed by atoms with Gasteiger partial charge in [-0.25, -0.2) is 19.2 Å². The minimum atomic E-state index is -1.09. The number of likely N-dealkylation sites (tertiary alicyclic amines) is 4. The molecule has 0 radical (unpaired) electrons. The number of hydrogen-bond acceptors (Lipinski definition) is 26. The molecule has 4 aromatic rings. The summed E-state index contributed by atoms with van der Waals surface area (Å²) in [6.45, 7) is 8.99. The van der Waals surface area contributed by atoms with Crippen molar-refractivity contribution in [2.45, 2.75) is 257 Å². The van der Waals surface area contributed by atoms with Gasteiger partial charge in [0.05, 0.1) is 49.6 Å². The Bertz CT molecular complexity index is 3990. The number of nitrogens with zero attached hydrogens (tertiary/aromatic N) is 4. The first-order valence-corrected chi connectivity index (χ1v) is 45.8. The third kappa shape index (κ3) is 37.1. The maximum atomic E-state index is 13.5. The van der Waals surface area contributed by atoms with Crippen LogP contribution >= 0.6 is 35.1 Å². The van der Waals surface area contributed by atoms with Crippen LogP contribution in [0.4, 0.5) is 0 Å². The Labute approximate surface area is 752 Å². The fraction of sp³-hybridized carbons (Fsp3) is 0.596. The van der Waals surface area contributed by atoms with Crippen LogP contribution in [0.5, 0.6) is 0 Å². The first-order valence-electron chi connectivity index (χ1n) is 43.5. The fourth-order valence-electron chi connectivity index (χ4n) is 15.2. The predicted molar refractivity (Wildman–Crippen MR) is 478 cm³/mol. The number of amides is 4. The summed E-state index contributed by atoms with van der Waals surface area (Å²) in [5, 5.41) is 70.4. The number of nitrogens with one attached hydrogen (secondary N) is 4. The van der Waals surface area contributed by atoms with Crippen molar-refractivity contribution in [3.63, 3.8) is 0 Å². The summed E-state index contributed by atoms with van der Waals surface area (Å²) in [5.41, 5.74) is 25.5. The second-order valence-corrected chi connectivity index (χ2v) is 33.9. The van der Waals surface area contributed by atoms with E-state index in [9.17, 15) is 88.2 Å². The number of aliphatic carboxylic acids is 6. The highest BCUT2D eigenvalue weighted by Crippen LogP contribution is 2.29. The molecule has 37 heteroatoms. The smallest absolute Gasteiger partial charge is 0.326 e. The van der Waals surface area contributed by atoms with Crippen molar-refractivity contribution < 1.29 is 107 Å². The third-order valence-corrected chi connectivity index (χ3v) is 24.6. The number of aryl methyl sites for hydroxylation is 3. The number of carbonyl (C=O) groups is 12. The van der Waals surface area contributed by atoms with Gasteiger partial charge < -0.3 is 92.1 Å². The lowest BCUT2D eigenvalue weighted by Crippen LogP contribution is -2.55. The number of nitrogens with two attached hydrogens (primary N) is 4. The van der Waals surface area contributed by atoms with Crippen molar-refractivity contribution in [1.29, 1.82) is 0 Å². The highest BCUT2D eigenvalue weighted by molar-refractivity contribution is 7.99. The van der Waals surface area contributed by atoms with Gasteiger partial charge in [0.25, 0.3) is 0 Å². The van der Waals surface area contributed by atoms with Gasteiger partial charge in [0.15, 0.2) is 0 Å². The number of thioether (sulfide) groups is 2. The monoisotopic (exact) mass is 1820 g/mol. The topological polar surface area (TPSA) is 528 Å². The molecule has 0 aromatic heterocycles. The van der Waals surface area contributed by atoms with Crippen LogP contribution in [-0.2, 0) is 89.3 Å². The average Bonchev–Trinajstić information content (AvgIpc) is 1.68. The first-order chi connectivity index (χ1) is 60.5. The Morgan fingerprint density at radius 3 is 1.09 bits per heavy atom. The molecule has 0 aliphatic carbocycles.